The minimum Gasteiger partial charge on any atom is -0.485 e. The van der Waals surface area contributed by atoms with Crippen LogP contribution >= 0.6 is 11.6 Å². The lowest BCUT2D eigenvalue weighted by Crippen LogP contribution is -2.56. The third kappa shape index (κ3) is 3.25. The van der Waals surface area contributed by atoms with Gasteiger partial charge in [-0.15, -0.1) is 0 Å². The normalized spacial score (nSPS) is 16.2. The molecule has 0 N–H and O–H groups in total. The maximum Gasteiger partial charge on any atom is 0.224 e. The van der Waals surface area contributed by atoms with Crippen molar-refractivity contribution >= 4 is 17.5 Å². The molecule has 1 aromatic heterocycles. The quantitative estimate of drug-likeness (QED) is 0.851. The number of hydrogen-bond donors (Lipinski definition) is 0. The van der Waals surface area contributed by atoms with Gasteiger partial charge >= 0.3 is 0 Å². The van der Waals surface area contributed by atoms with Gasteiger partial charge in [-0.05, 0) is 25.1 Å². The fraction of sp³-hybridized carbons (Fsp3) is 0.375. The van der Waals surface area contributed by atoms with Gasteiger partial charge in [0.15, 0.2) is 0 Å². The van der Waals surface area contributed by atoms with Crippen molar-refractivity contribution in [2.45, 2.75) is 25.5 Å². The lowest BCUT2D eigenvalue weighted by atomic mass is 10.1. The van der Waals surface area contributed by atoms with Crippen LogP contribution in [-0.2, 0) is 4.79 Å². The van der Waals surface area contributed by atoms with Crippen LogP contribution in [0.25, 0.3) is 0 Å². The molecular weight excluding hydrogens is 302 g/mol. The molecule has 0 bridgehead atoms. The number of hydrogen-bond acceptors (Lipinski definition) is 3. The van der Waals surface area contributed by atoms with Crippen molar-refractivity contribution in [1.29, 1.82) is 0 Å². The summed E-state index contributed by atoms with van der Waals surface area (Å²) in [5, 5.41) is 4.76. The van der Waals surface area contributed by atoms with E-state index < -0.39 is 0 Å². The number of ether oxygens (including phenoxy) is 1. The number of para-hydroxylation sites is 1. The summed E-state index contributed by atoms with van der Waals surface area (Å²) in [6, 6.07) is 9.30. The third-order valence-electron chi connectivity index (χ3n) is 3.78. The van der Waals surface area contributed by atoms with E-state index in [9.17, 15) is 4.79 Å². The van der Waals surface area contributed by atoms with Crippen molar-refractivity contribution < 1.29 is 9.53 Å². The van der Waals surface area contributed by atoms with Gasteiger partial charge in [-0.2, -0.15) is 5.10 Å². The molecule has 1 atom stereocenters. The smallest absolute Gasteiger partial charge is 0.224 e. The Hall–Kier alpha value is -2.01. The summed E-state index contributed by atoms with van der Waals surface area (Å²) in [5.41, 5.74) is 0. The van der Waals surface area contributed by atoms with Crippen molar-refractivity contribution in [3.05, 3.63) is 47.7 Å². The molecule has 1 aromatic carbocycles. The highest BCUT2D eigenvalue weighted by molar-refractivity contribution is 6.32. The number of halogens is 1. The molecule has 3 rings (SSSR count). The second-order valence-corrected chi connectivity index (χ2v) is 5.92. The van der Waals surface area contributed by atoms with Crippen LogP contribution in [0.3, 0.4) is 0 Å². The Morgan fingerprint density at radius 3 is 2.86 bits per heavy atom. The summed E-state index contributed by atoms with van der Waals surface area (Å²) in [7, 11) is 0. The Bertz CT molecular complexity index is 639. The minimum atomic E-state index is 0.0175. The molecule has 0 spiro atoms. The van der Waals surface area contributed by atoms with Gasteiger partial charge in [0.1, 0.15) is 11.9 Å². The number of carbonyl (C=O) groups excluding carboxylic acids is 1. The van der Waals surface area contributed by atoms with Crippen molar-refractivity contribution in [3.63, 3.8) is 0 Å². The van der Waals surface area contributed by atoms with Gasteiger partial charge in [0.05, 0.1) is 24.2 Å². The van der Waals surface area contributed by atoms with E-state index in [4.69, 9.17) is 16.3 Å². The van der Waals surface area contributed by atoms with Crippen molar-refractivity contribution in [2.75, 3.05) is 13.1 Å². The number of aromatic nitrogens is 2. The highest BCUT2D eigenvalue weighted by atomic mass is 35.5. The molecule has 1 fully saturated rings. The third-order valence-corrected chi connectivity index (χ3v) is 4.09. The van der Waals surface area contributed by atoms with E-state index in [0.29, 0.717) is 30.3 Å². The van der Waals surface area contributed by atoms with E-state index in [1.54, 1.807) is 16.9 Å². The highest BCUT2D eigenvalue weighted by Crippen LogP contribution is 2.27. The highest BCUT2D eigenvalue weighted by Gasteiger charge is 2.33. The number of nitrogens with zero attached hydrogens (tertiary/aromatic N) is 3. The number of rotatable bonds is 5. The molecule has 1 aliphatic heterocycles. The Morgan fingerprint density at radius 1 is 1.41 bits per heavy atom. The number of likely N-dealkylation sites (tertiary alicyclic amines) is 1. The van der Waals surface area contributed by atoms with E-state index >= 15 is 0 Å². The maximum atomic E-state index is 12.2. The summed E-state index contributed by atoms with van der Waals surface area (Å²) in [4.78, 5) is 14.0. The zero-order chi connectivity index (χ0) is 15.5. The van der Waals surface area contributed by atoms with Crippen molar-refractivity contribution in [3.8, 4) is 5.75 Å². The molecule has 0 aliphatic carbocycles. The topological polar surface area (TPSA) is 47.4 Å². The van der Waals surface area contributed by atoms with Gasteiger partial charge in [-0.3, -0.25) is 9.48 Å². The standard InChI is InChI=1S/C16H18ClN3O2/c1-12(20-8-4-7-18-20)9-16(21)19-10-13(11-19)22-15-6-3-2-5-14(15)17/h2-8,12-13H,9-11H2,1H3. The van der Waals surface area contributed by atoms with Crippen LogP contribution in [0.4, 0.5) is 0 Å². The predicted molar refractivity (Wildman–Crippen MR) is 84.0 cm³/mol. The Kier molecular flexibility index (Phi) is 4.34. The molecule has 1 aliphatic rings. The molecule has 2 heterocycles. The van der Waals surface area contributed by atoms with Crippen LogP contribution in [0.5, 0.6) is 5.75 Å². The Balaban J connectivity index is 1.47. The van der Waals surface area contributed by atoms with Gasteiger partial charge in [0.2, 0.25) is 5.91 Å². The Labute approximate surface area is 134 Å². The summed E-state index contributed by atoms with van der Waals surface area (Å²) in [6.45, 7) is 3.20. The van der Waals surface area contributed by atoms with Crippen LogP contribution in [-0.4, -0.2) is 39.8 Å². The first-order valence-corrected chi connectivity index (χ1v) is 7.69. The molecule has 0 saturated carbocycles. The number of benzene rings is 1. The van der Waals surface area contributed by atoms with Crippen molar-refractivity contribution in [2.24, 2.45) is 0 Å². The van der Waals surface area contributed by atoms with Crippen LogP contribution in [0.15, 0.2) is 42.7 Å². The van der Waals surface area contributed by atoms with Crippen LogP contribution in [0.2, 0.25) is 5.02 Å². The van der Waals surface area contributed by atoms with E-state index in [1.165, 1.54) is 0 Å². The second kappa shape index (κ2) is 6.40. The van der Waals surface area contributed by atoms with Gasteiger partial charge in [0.25, 0.3) is 0 Å². The number of carbonyl (C=O) groups is 1. The molecule has 5 nitrogen and oxygen atoms in total. The van der Waals surface area contributed by atoms with E-state index in [-0.39, 0.29) is 18.1 Å². The lowest BCUT2D eigenvalue weighted by Gasteiger charge is -2.39. The first kappa shape index (κ1) is 14.9. The SMILES string of the molecule is CC(CC(=O)N1CC(Oc2ccccc2Cl)C1)n1cccn1. The molecule has 116 valence electrons. The van der Waals surface area contributed by atoms with Gasteiger partial charge in [-0.1, -0.05) is 23.7 Å². The largest absolute Gasteiger partial charge is 0.485 e. The fourth-order valence-corrected chi connectivity index (χ4v) is 2.63. The van der Waals surface area contributed by atoms with Crippen LogP contribution in [0, 0.1) is 0 Å². The number of amides is 1. The molecule has 1 amide bonds. The predicted octanol–water partition coefficient (Wildman–Crippen LogP) is 2.78. The van der Waals surface area contributed by atoms with Gasteiger partial charge in [0, 0.05) is 18.8 Å². The fourth-order valence-electron chi connectivity index (χ4n) is 2.45. The zero-order valence-corrected chi connectivity index (χ0v) is 13.1. The van der Waals surface area contributed by atoms with Crippen LogP contribution in [0.1, 0.15) is 19.4 Å². The van der Waals surface area contributed by atoms with Gasteiger partial charge < -0.3 is 9.64 Å². The maximum absolute atomic E-state index is 12.2. The summed E-state index contributed by atoms with van der Waals surface area (Å²) in [6.07, 6.45) is 4.06. The molecule has 2 aromatic rings. The molecule has 0 radical (unpaired) electrons. The zero-order valence-electron chi connectivity index (χ0n) is 12.4. The summed E-state index contributed by atoms with van der Waals surface area (Å²) in [5.74, 6) is 0.799. The molecular formula is C16H18ClN3O2. The molecule has 22 heavy (non-hydrogen) atoms. The molecule has 1 unspecified atom stereocenters. The first-order chi connectivity index (χ1) is 10.6. The Morgan fingerprint density at radius 2 is 2.18 bits per heavy atom. The van der Waals surface area contributed by atoms with E-state index in [1.807, 2.05) is 42.3 Å². The second-order valence-electron chi connectivity index (χ2n) is 5.51. The summed E-state index contributed by atoms with van der Waals surface area (Å²) >= 11 is 6.06. The monoisotopic (exact) mass is 319 g/mol. The van der Waals surface area contributed by atoms with E-state index in [2.05, 4.69) is 5.10 Å². The van der Waals surface area contributed by atoms with Gasteiger partial charge in [-0.25, -0.2) is 0 Å². The lowest BCUT2D eigenvalue weighted by molar-refractivity contribution is -0.140. The van der Waals surface area contributed by atoms with Crippen LogP contribution < -0.4 is 4.74 Å². The summed E-state index contributed by atoms with van der Waals surface area (Å²) < 4.78 is 7.60. The molecule has 1 saturated heterocycles. The average molecular weight is 320 g/mol. The molecule has 6 heteroatoms. The van der Waals surface area contributed by atoms with Crippen molar-refractivity contribution in [1.82, 2.24) is 14.7 Å². The average Bonchev–Trinajstić information content (AvgIpc) is 2.98. The first-order valence-electron chi connectivity index (χ1n) is 7.31. The van der Waals surface area contributed by atoms with E-state index in [0.717, 1.165) is 0 Å². The minimum absolute atomic E-state index is 0.0175.